The number of para-hydroxylation sites is 2. The van der Waals surface area contributed by atoms with Crippen LogP contribution in [-0.4, -0.2) is 88.0 Å². The SMILES string of the molecule is C=CCO[C@H]1[C@H](n2cnc3c(nc(Br)n3[C@@H]3O[C@H](COP(=O)(Nc4ccccc4)Nc4ccccc4)[C@@H](OC(C)=O)[C@H]3OC(C)=O)c2=O)CO[C@@H]1COP(=O)(Sc1ccccc1)Sc1ccccc1. The second-order valence-corrected chi connectivity index (χ2v) is 25.1. The van der Waals surface area contributed by atoms with Crippen molar-refractivity contribution in [1.29, 1.82) is 0 Å². The number of nitrogens with one attached hydrogen (secondary N) is 2. The minimum absolute atomic E-state index is 0.000881. The number of ether oxygens (including phenoxy) is 5. The summed E-state index contributed by atoms with van der Waals surface area (Å²) in [6.07, 6.45) is -3.80. The Kier molecular flexibility index (Phi) is 16.6. The van der Waals surface area contributed by atoms with Crippen LogP contribution in [0.1, 0.15) is 26.1 Å². The highest BCUT2D eigenvalue weighted by Crippen LogP contribution is 2.74. The number of rotatable bonds is 21. The standard InChI is InChI=1S/C46H47BrN6O12P2S2/c1-4-25-59-40-36(26-60-37(40)27-62-67(58,68-34-21-13-7-14-22-34)69-35-23-15-8-16-24-35)52-29-48-43-39(44(52)56)49-46(47)53(43)45-42(64-31(3)55)41(63-30(2)54)38(65-45)28-61-66(57,50-32-17-9-5-10-18-32)51-33-19-11-6-12-20-33/h4-24,29,36-38,40-42,45H,1,25-28H2,2-3H3,(H2,50,51,57)/t36-,37-,38-,40+,41-,42-,45-/m1/s1. The van der Waals surface area contributed by atoms with Crippen LogP contribution in [0.5, 0.6) is 0 Å². The van der Waals surface area contributed by atoms with Crippen molar-refractivity contribution in [2.45, 2.75) is 66.4 Å². The zero-order valence-corrected chi connectivity index (χ0v) is 42.1. The van der Waals surface area contributed by atoms with Crippen molar-refractivity contribution in [1.82, 2.24) is 19.1 Å². The first kappa shape index (κ1) is 50.3. The summed E-state index contributed by atoms with van der Waals surface area (Å²) in [7, 11) is -4.00. The summed E-state index contributed by atoms with van der Waals surface area (Å²) < 4.78 is 74.7. The monoisotopic (exact) mass is 1080 g/mol. The molecule has 8 rings (SSSR count). The molecule has 4 heterocycles. The third-order valence-electron chi connectivity index (χ3n) is 10.6. The number of hydrogen-bond donors (Lipinski definition) is 2. The summed E-state index contributed by atoms with van der Waals surface area (Å²) in [6, 6.07) is 35.4. The molecule has 4 aromatic carbocycles. The fourth-order valence-corrected chi connectivity index (χ4v) is 16.2. The minimum Gasteiger partial charge on any atom is -0.456 e. The quantitative estimate of drug-likeness (QED) is 0.0297. The van der Waals surface area contributed by atoms with Crippen LogP contribution in [0, 0.1) is 0 Å². The maximum Gasteiger partial charge on any atom is 0.391 e. The number of halogens is 1. The Morgan fingerprint density at radius 2 is 1.33 bits per heavy atom. The second kappa shape index (κ2) is 22.8. The van der Waals surface area contributed by atoms with Crippen LogP contribution >= 0.6 is 52.1 Å². The smallest absolute Gasteiger partial charge is 0.391 e. The Morgan fingerprint density at radius 3 is 1.88 bits per heavy atom. The van der Waals surface area contributed by atoms with Gasteiger partial charge in [-0.1, -0.05) is 78.9 Å². The van der Waals surface area contributed by atoms with E-state index >= 15 is 0 Å². The zero-order valence-electron chi connectivity index (χ0n) is 37.1. The Bertz CT molecular complexity index is 2800. The number of nitrogens with zero attached hydrogens (tertiary/aromatic N) is 4. The normalized spacial score (nSPS) is 21.5. The van der Waals surface area contributed by atoms with Gasteiger partial charge in [0.1, 0.15) is 24.6 Å². The number of esters is 2. The third kappa shape index (κ3) is 12.5. The molecule has 7 atom stereocenters. The van der Waals surface area contributed by atoms with Crippen LogP contribution in [0.2, 0.25) is 0 Å². The van der Waals surface area contributed by atoms with E-state index in [0.717, 1.165) is 32.6 Å². The van der Waals surface area contributed by atoms with E-state index in [1.807, 2.05) is 60.7 Å². The van der Waals surface area contributed by atoms with E-state index in [1.54, 1.807) is 66.7 Å². The Labute approximate surface area is 413 Å². The average molecular weight is 1080 g/mol. The molecule has 6 aromatic rings. The predicted molar refractivity (Wildman–Crippen MR) is 265 cm³/mol. The summed E-state index contributed by atoms with van der Waals surface area (Å²) in [5.74, 6) is -4.96. The molecule has 0 unspecified atom stereocenters. The van der Waals surface area contributed by atoms with E-state index in [2.05, 4.69) is 42.7 Å². The number of carbonyl (C=O) groups is 2. The van der Waals surface area contributed by atoms with Crippen molar-refractivity contribution >= 4 is 86.6 Å². The number of imidazole rings is 1. The first-order chi connectivity index (χ1) is 33.3. The summed E-state index contributed by atoms with van der Waals surface area (Å²) in [4.78, 5) is 50.6. The summed E-state index contributed by atoms with van der Waals surface area (Å²) in [5.41, 5.74) is 0.317. The van der Waals surface area contributed by atoms with E-state index < -0.39 is 80.3 Å². The highest BCUT2D eigenvalue weighted by molar-refractivity contribution is 9.10. The molecule has 2 N–H and O–H groups in total. The lowest BCUT2D eigenvalue weighted by Crippen LogP contribution is -2.40. The summed E-state index contributed by atoms with van der Waals surface area (Å²) >= 11 is 5.72. The zero-order chi connectivity index (χ0) is 48.5. The molecule has 0 aliphatic carbocycles. The average Bonchev–Trinajstić information content (AvgIpc) is 4.00. The van der Waals surface area contributed by atoms with Crippen LogP contribution in [0.3, 0.4) is 0 Å². The van der Waals surface area contributed by atoms with Gasteiger partial charge in [0.2, 0.25) is 0 Å². The molecule has 0 bridgehead atoms. The molecule has 69 heavy (non-hydrogen) atoms. The van der Waals surface area contributed by atoms with Crippen molar-refractivity contribution in [3.63, 3.8) is 0 Å². The number of hydrogen-bond acceptors (Lipinski definition) is 16. The van der Waals surface area contributed by atoms with Gasteiger partial charge in [-0.15, -0.1) is 6.58 Å². The highest BCUT2D eigenvalue weighted by Gasteiger charge is 2.52. The van der Waals surface area contributed by atoms with E-state index in [-0.39, 0.29) is 35.7 Å². The Hall–Kier alpha value is -5.05. The van der Waals surface area contributed by atoms with Gasteiger partial charge in [-0.2, -0.15) is 0 Å². The van der Waals surface area contributed by atoms with Crippen molar-refractivity contribution in [2.24, 2.45) is 0 Å². The number of anilines is 2. The van der Waals surface area contributed by atoms with E-state index in [9.17, 15) is 23.5 Å². The summed E-state index contributed by atoms with van der Waals surface area (Å²) in [5, 5.41) is 5.88. The van der Waals surface area contributed by atoms with Crippen molar-refractivity contribution in [3.8, 4) is 0 Å². The van der Waals surface area contributed by atoms with Gasteiger partial charge < -0.3 is 28.2 Å². The number of carbonyl (C=O) groups excluding carboxylic acids is 2. The highest BCUT2D eigenvalue weighted by atomic mass is 79.9. The van der Waals surface area contributed by atoms with Crippen LogP contribution < -0.4 is 15.7 Å². The first-order valence-electron chi connectivity index (χ1n) is 21.5. The van der Waals surface area contributed by atoms with Crippen LogP contribution in [0.15, 0.2) is 160 Å². The van der Waals surface area contributed by atoms with Gasteiger partial charge in [0.25, 0.3) is 5.56 Å². The van der Waals surface area contributed by atoms with Crippen molar-refractivity contribution in [2.75, 3.05) is 36.6 Å². The molecular formula is C46H47BrN6O12P2S2. The maximum absolute atomic E-state index is 14.5. The minimum atomic E-state index is -4.00. The molecule has 2 aromatic heterocycles. The fourth-order valence-electron chi connectivity index (χ4n) is 7.65. The van der Waals surface area contributed by atoms with E-state index in [1.165, 1.54) is 29.3 Å². The molecule has 2 aliphatic rings. The topological polar surface area (TPSA) is 210 Å². The van der Waals surface area contributed by atoms with Crippen molar-refractivity contribution < 1.29 is 51.5 Å². The van der Waals surface area contributed by atoms with Crippen LogP contribution in [-0.2, 0) is 51.5 Å². The van der Waals surface area contributed by atoms with Gasteiger partial charge in [-0.05, 0) is 87.2 Å². The summed E-state index contributed by atoms with van der Waals surface area (Å²) in [6.45, 7) is 5.68. The molecule has 23 heteroatoms. The first-order valence-corrected chi connectivity index (χ1v) is 28.3. The van der Waals surface area contributed by atoms with Gasteiger partial charge in [-0.3, -0.25) is 42.8 Å². The fraction of sp³-hybridized carbons (Fsp3) is 0.283. The lowest BCUT2D eigenvalue weighted by molar-refractivity contribution is -0.165. The molecule has 18 nitrogen and oxygen atoms in total. The Balaban J connectivity index is 1.06. The van der Waals surface area contributed by atoms with Gasteiger partial charge >= 0.3 is 25.4 Å². The van der Waals surface area contributed by atoms with Crippen LogP contribution in [0.25, 0.3) is 11.2 Å². The molecular weight excluding hydrogens is 1030 g/mol. The largest absolute Gasteiger partial charge is 0.456 e. The molecule has 0 saturated carbocycles. The van der Waals surface area contributed by atoms with E-state index in [0.29, 0.717) is 11.4 Å². The van der Waals surface area contributed by atoms with Gasteiger partial charge in [-0.25, -0.2) is 14.5 Å². The lowest BCUT2D eigenvalue weighted by atomic mass is 10.1. The molecule has 2 fully saturated rings. The molecule has 0 radical (unpaired) electrons. The molecule has 2 aliphatic heterocycles. The lowest BCUT2D eigenvalue weighted by Gasteiger charge is -2.26. The maximum atomic E-state index is 14.5. The number of fused-ring (bicyclic) bond motifs is 1. The molecule has 362 valence electrons. The van der Waals surface area contributed by atoms with Crippen LogP contribution in [0.4, 0.5) is 11.4 Å². The van der Waals surface area contributed by atoms with Crippen molar-refractivity contribution in [3.05, 3.63) is 155 Å². The predicted octanol–water partition coefficient (Wildman–Crippen LogP) is 9.69. The molecule has 2 saturated heterocycles. The number of aromatic nitrogens is 4. The van der Waals surface area contributed by atoms with Gasteiger partial charge in [0.15, 0.2) is 34.3 Å². The third-order valence-corrected chi connectivity index (χ3v) is 19.2. The van der Waals surface area contributed by atoms with Gasteiger partial charge in [0.05, 0.1) is 32.5 Å². The Morgan fingerprint density at radius 1 is 0.797 bits per heavy atom. The molecule has 0 spiro atoms. The van der Waals surface area contributed by atoms with E-state index in [4.69, 9.17) is 32.7 Å². The molecule has 0 amide bonds. The second-order valence-electron chi connectivity index (χ2n) is 15.5. The number of benzene rings is 4. The van der Waals surface area contributed by atoms with Gasteiger partial charge in [0, 0.05) is 35.0 Å².